The molecule has 4 heterocycles. The molecule has 194 valence electrons. The molecule has 2 N–H and O–H groups in total. The fraction of sp³-hybridized carbons (Fsp3) is 0.385. The Labute approximate surface area is 217 Å². The van der Waals surface area contributed by atoms with Gasteiger partial charge in [0.1, 0.15) is 11.6 Å². The van der Waals surface area contributed by atoms with E-state index in [0.717, 1.165) is 40.8 Å². The summed E-state index contributed by atoms with van der Waals surface area (Å²) in [6, 6.07) is 8.24. The minimum absolute atomic E-state index is 0.291. The second-order valence-corrected chi connectivity index (χ2v) is 11.9. The van der Waals surface area contributed by atoms with Gasteiger partial charge in [0.2, 0.25) is 10.0 Å². The number of pyridine rings is 1. The highest BCUT2D eigenvalue weighted by atomic mass is 32.2. The summed E-state index contributed by atoms with van der Waals surface area (Å²) in [6.45, 7) is 8.38. The summed E-state index contributed by atoms with van der Waals surface area (Å²) in [5.74, 6) is 2.61. The fourth-order valence-corrected chi connectivity index (χ4v) is 5.31. The molecule has 11 heteroatoms. The Balaban J connectivity index is 1.41. The number of aryl methyl sites for hydroxylation is 2. The average Bonchev–Trinajstić information content (AvgIpc) is 3.15. The van der Waals surface area contributed by atoms with Crippen LogP contribution in [0.5, 0.6) is 0 Å². The van der Waals surface area contributed by atoms with Gasteiger partial charge in [-0.15, -0.1) is 0 Å². The summed E-state index contributed by atoms with van der Waals surface area (Å²) >= 11 is 0. The van der Waals surface area contributed by atoms with Crippen molar-refractivity contribution in [3.8, 4) is 11.4 Å². The van der Waals surface area contributed by atoms with Gasteiger partial charge in [-0.3, -0.25) is 4.68 Å². The van der Waals surface area contributed by atoms with E-state index in [2.05, 4.69) is 62.1 Å². The van der Waals surface area contributed by atoms with Crippen LogP contribution in [-0.4, -0.2) is 59.0 Å². The zero-order valence-electron chi connectivity index (χ0n) is 21.7. The van der Waals surface area contributed by atoms with Crippen molar-refractivity contribution >= 4 is 38.1 Å². The van der Waals surface area contributed by atoms with Crippen LogP contribution >= 0.6 is 0 Å². The van der Waals surface area contributed by atoms with Crippen LogP contribution in [0.15, 0.2) is 42.9 Å². The molecule has 1 saturated heterocycles. The van der Waals surface area contributed by atoms with Crippen LogP contribution in [0.3, 0.4) is 0 Å². The van der Waals surface area contributed by atoms with Gasteiger partial charge in [-0.1, -0.05) is 19.9 Å². The normalized spacial score (nSPS) is 14.4. The highest BCUT2D eigenvalue weighted by Crippen LogP contribution is 2.37. The van der Waals surface area contributed by atoms with Crippen LogP contribution in [0.1, 0.15) is 31.0 Å². The summed E-state index contributed by atoms with van der Waals surface area (Å²) in [7, 11) is -1.30. The van der Waals surface area contributed by atoms with Crippen LogP contribution in [0.25, 0.3) is 22.2 Å². The number of benzene rings is 1. The zero-order valence-corrected chi connectivity index (χ0v) is 22.5. The van der Waals surface area contributed by atoms with Gasteiger partial charge in [-0.2, -0.15) is 5.10 Å². The second kappa shape index (κ2) is 9.71. The van der Waals surface area contributed by atoms with Crippen molar-refractivity contribution in [1.29, 1.82) is 0 Å². The molecule has 0 amide bonds. The molecule has 1 aliphatic rings. The maximum absolute atomic E-state index is 11.4. The highest BCUT2D eigenvalue weighted by Gasteiger charge is 2.29. The van der Waals surface area contributed by atoms with Gasteiger partial charge in [-0.25, -0.2) is 28.1 Å². The first-order valence-corrected chi connectivity index (χ1v) is 14.2. The summed E-state index contributed by atoms with van der Waals surface area (Å²) in [6.07, 6.45) is 6.75. The molecule has 0 unspecified atom stereocenters. The van der Waals surface area contributed by atoms with E-state index in [1.54, 1.807) is 10.9 Å². The van der Waals surface area contributed by atoms with Crippen molar-refractivity contribution in [2.75, 3.05) is 36.1 Å². The largest absolute Gasteiger partial charge is 0.370 e. The fourth-order valence-electron chi connectivity index (χ4n) is 4.77. The molecule has 0 aliphatic carbocycles. The van der Waals surface area contributed by atoms with E-state index in [4.69, 9.17) is 4.98 Å². The smallest absolute Gasteiger partial charge is 0.208 e. The maximum Gasteiger partial charge on any atom is 0.208 e. The van der Waals surface area contributed by atoms with Crippen molar-refractivity contribution in [1.82, 2.24) is 29.5 Å². The Bertz CT molecular complexity index is 1560. The van der Waals surface area contributed by atoms with E-state index in [0.29, 0.717) is 35.8 Å². The molecule has 3 aromatic heterocycles. The van der Waals surface area contributed by atoms with Gasteiger partial charge in [-0.05, 0) is 42.0 Å². The zero-order chi connectivity index (χ0) is 26.3. The number of nitrogens with zero attached hydrogens (tertiary/aromatic N) is 6. The lowest BCUT2D eigenvalue weighted by atomic mass is 9.93. The molecule has 1 aliphatic heterocycles. The molecule has 5 rings (SSSR count). The first-order valence-electron chi connectivity index (χ1n) is 12.3. The molecule has 37 heavy (non-hydrogen) atoms. The molecule has 1 aromatic carbocycles. The number of aromatic nitrogens is 5. The van der Waals surface area contributed by atoms with Crippen LogP contribution in [0.4, 0.5) is 17.3 Å². The van der Waals surface area contributed by atoms with Crippen LogP contribution in [0, 0.1) is 12.8 Å². The van der Waals surface area contributed by atoms with E-state index < -0.39 is 10.0 Å². The topological polar surface area (TPSA) is 118 Å². The Morgan fingerprint density at radius 1 is 1.11 bits per heavy atom. The summed E-state index contributed by atoms with van der Waals surface area (Å²) < 4.78 is 27.2. The first-order chi connectivity index (χ1) is 17.6. The number of anilines is 3. The Kier molecular flexibility index (Phi) is 6.59. The Morgan fingerprint density at radius 3 is 2.57 bits per heavy atom. The van der Waals surface area contributed by atoms with E-state index in [1.807, 2.05) is 32.4 Å². The van der Waals surface area contributed by atoms with Crippen LogP contribution in [0.2, 0.25) is 0 Å². The third-order valence-corrected chi connectivity index (χ3v) is 7.32. The summed E-state index contributed by atoms with van der Waals surface area (Å²) in [5, 5.41) is 9.96. The number of fused-ring (bicyclic) bond motifs is 1. The highest BCUT2D eigenvalue weighted by molar-refractivity contribution is 7.88. The van der Waals surface area contributed by atoms with Gasteiger partial charge < -0.3 is 10.2 Å². The Morgan fingerprint density at radius 2 is 1.89 bits per heavy atom. The summed E-state index contributed by atoms with van der Waals surface area (Å²) in [4.78, 5) is 16.1. The van der Waals surface area contributed by atoms with Gasteiger partial charge in [0.15, 0.2) is 5.82 Å². The lowest BCUT2D eigenvalue weighted by Gasteiger charge is -2.41. The minimum atomic E-state index is -3.18. The van der Waals surface area contributed by atoms with E-state index in [1.165, 1.54) is 11.8 Å². The van der Waals surface area contributed by atoms with Crippen molar-refractivity contribution in [2.45, 2.75) is 26.7 Å². The van der Waals surface area contributed by atoms with Gasteiger partial charge in [0.25, 0.3) is 0 Å². The molecular formula is C26H32N8O2S. The predicted molar refractivity (Wildman–Crippen MR) is 147 cm³/mol. The SMILES string of the molecule is Cc1nn(C)cc1-c1nccc(Nc2cc3c(C(C)C)ccc(N4CC(CNS(C)(=O)=O)C4)c3cn2)n1. The molecule has 0 atom stereocenters. The van der Waals surface area contributed by atoms with Crippen molar-refractivity contribution < 1.29 is 8.42 Å². The standard InChI is InChI=1S/C26H32N8O2S/c1-16(2)19-6-7-23(34-13-18(14-34)11-29-37(5,35)36)21-12-28-25(10-20(19)21)30-24-8-9-27-26(31-24)22-15-33(4)32-17(22)3/h6-10,12,15-16,18,29H,11,13-14H2,1-5H3,(H,27,28,30,31). The Hall–Kier alpha value is -3.57. The van der Waals surface area contributed by atoms with Crippen LogP contribution in [-0.2, 0) is 17.1 Å². The van der Waals surface area contributed by atoms with E-state index in [9.17, 15) is 8.42 Å². The third kappa shape index (κ3) is 5.42. The second-order valence-electron chi connectivity index (χ2n) is 10.0. The van der Waals surface area contributed by atoms with E-state index >= 15 is 0 Å². The summed E-state index contributed by atoms with van der Waals surface area (Å²) in [5.41, 5.74) is 4.13. The quantitative estimate of drug-likeness (QED) is 0.362. The molecule has 0 saturated carbocycles. The van der Waals surface area contributed by atoms with Crippen molar-refractivity contribution in [3.05, 3.63) is 54.1 Å². The monoisotopic (exact) mass is 520 g/mol. The molecule has 10 nitrogen and oxygen atoms in total. The van der Waals surface area contributed by atoms with Crippen molar-refractivity contribution in [2.24, 2.45) is 13.0 Å². The number of hydrogen-bond acceptors (Lipinski definition) is 8. The predicted octanol–water partition coefficient (Wildman–Crippen LogP) is 3.59. The third-order valence-electron chi connectivity index (χ3n) is 6.63. The van der Waals surface area contributed by atoms with Gasteiger partial charge >= 0.3 is 0 Å². The number of rotatable bonds is 8. The lowest BCUT2D eigenvalue weighted by molar-refractivity contribution is 0.407. The van der Waals surface area contributed by atoms with E-state index in [-0.39, 0.29) is 0 Å². The van der Waals surface area contributed by atoms with Gasteiger partial charge in [0, 0.05) is 62.3 Å². The van der Waals surface area contributed by atoms with Crippen LogP contribution < -0.4 is 14.9 Å². The number of sulfonamides is 1. The molecule has 0 radical (unpaired) electrons. The average molecular weight is 521 g/mol. The molecule has 4 aromatic rings. The minimum Gasteiger partial charge on any atom is -0.370 e. The molecule has 1 fully saturated rings. The maximum atomic E-state index is 11.4. The molecular weight excluding hydrogens is 488 g/mol. The number of hydrogen-bond donors (Lipinski definition) is 2. The number of nitrogens with one attached hydrogen (secondary N) is 2. The first kappa shape index (κ1) is 25.1. The van der Waals surface area contributed by atoms with Crippen molar-refractivity contribution in [3.63, 3.8) is 0 Å². The molecule has 0 spiro atoms. The van der Waals surface area contributed by atoms with Gasteiger partial charge in [0.05, 0.1) is 17.5 Å². The lowest BCUT2D eigenvalue weighted by Crippen LogP contribution is -2.51. The molecule has 0 bridgehead atoms.